The molecule has 1 heterocycles. The summed E-state index contributed by atoms with van der Waals surface area (Å²) in [6, 6.07) is 13.1. The Morgan fingerprint density at radius 1 is 0.809 bits per heavy atom. The highest BCUT2D eigenvalue weighted by molar-refractivity contribution is 7.90. The molecule has 0 bridgehead atoms. The van der Waals surface area contributed by atoms with Gasteiger partial charge in [0, 0.05) is 12.0 Å². The number of sulfonamides is 1. The van der Waals surface area contributed by atoms with E-state index >= 15 is 0 Å². The Morgan fingerprint density at radius 3 is 1.91 bits per heavy atom. The lowest BCUT2D eigenvalue weighted by molar-refractivity contribution is -0.141. The molecule has 3 aromatic rings. The van der Waals surface area contributed by atoms with Gasteiger partial charge in [-0.1, -0.05) is 98.2 Å². The number of hydrogen-bond acceptors (Lipinski definition) is 4. The van der Waals surface area contributed by atoms with E-state index in [4.69, 9.17) is 0 Å². The van der Waals surface area contributed by atoms with Gasteiger partial charge in [-0.25, -0.2) is 17.8 Å². The van der Waals surface area contributed by atoms with E-state index in [-0.39, 0.29) is 22.7 Å². The molecule has 0 fully saturated rings. The van der Waals surface area contributed by atoms with E-state index < -0.39 is 27.8 Å². The fraction of sp³-hybridized carbons (Fsp3) is 0.351. The molecule has 0 atom stereocenters. The van der Waals surface area contributed by atoms with Crippen LogP contribution in [-0.4, -0.2) is 24.1 Å². The van der Waals surface area contributed by atoms with E-state index in [1.807, 2.05) is 19.1 Å². The van der Waals surface area contributed by atoms with E-state index in [1.165, 1.54) is 43.5 Å². The highest BCUT2D eigenvalue weighted by Gasteiger charge is 2.35. The monoisotopic (exact) mass is 667 g/mol. The van der Waals surface area contributed by atoms with Crippen LogP contribution in [0, 0.1) is 6.92 Å². The zero-order valence-corrected chi connectivity index (χ0v) is 27.9. The van der Waals surface area contributed by atoms with Gasteiger partial charge in [-0.2, -0.15) is 18.3 Å². The normalized spacial score (nSPS) is 12.7. The van der Waals surface area contributed by atoms with E-state index in [9.17, 15) is 26.4 Å². The average Bonchev–Trinajstić information content (AvgIpc) is 3.49. The Labute approximate surface area is 276 Å². The molecule has 0 aliphatic carbocycles. The minimum absolute atomic E-state index is 0.0305. The molecule has 47 heavy (non-hydrogen) atoms. The zero-order valence-electron chi connectivity index (χ0n) is 27.0. The summed E-state index contributed by atoms with van der Waals surface area (Å²) in [5, 5.41) is 3.74. The van der Waals surface area contributed by atoms with Gasteiger partial charge >= 0.3 is 6.18 Å². The van der Waals surface area contributed by atoms with E-state index in [0.717, 1.165) is 42.0 Å². The zero-order chi connectivity index (χ0) is 34.1. The number of nitrogens with zero attached hydrogens (tertiary/aromatic N) is 2. The summed E-state index contributed by atoms with van der Waals surface area (Å²) in [7, 11) is -4.16. The minimum atomic E-state index is -4.66. The number of carbonyl (C=O) groups is 1. The topological polar surface area (TPSA) is 81.1 Å². The number of allylic oxidation sites excluding steroid dienone is 8. The molecule has 0 unspecified atom stereocenters. The van der Waals surface area contributed by atoms with Gasteiger partial charge < -0.3 is 0 Å². The quantitative estimate of drug-likeness (QED) is 0.108. The van der Waals surface area contributed by atoms with Gasteiger partial charge in [-0.15, -0.1) is 0 Å². The lowest BCUT2D eigenvalue weighted by atomic mass is 10.1. The molecule has 0 radical (unpaired) electrons. The SMILES string of the molecule is CCCCC/C=C\C/C=C\C/C=C\C/C=C\CCCC(=O)NS(=O)(=O)c1ccc(-n2nc(C(F)(F)F)cc2-c2ccc(C)cc2)cc1. The lowest BCUT2D eigenvalue weighted by Gasteiger charge is -2.10. The number of rotatable bonds is 18. The average molecular weight is 668 g/mol. The second-order valence-electron chi connectivity index (χ2n) is 11.2. The lowest BCUT2D eigenvalue weighted by Crippen LogP contribution is -2.30. The fourth-order valence-electron chi connectivity index (χ4n) is 4.61. The predicted octanol–water partition coefficient (Wildman–Crippen LogP) is 9.82. The standard InChI is InChI=1S/C37H44F3N3O3S/c1-3-4-5-6-7-8-9-10-11-12-13-14-15-16-17-18-19-20-36(44)42-47(45,46)33-27-25-32(26-28-33)43-34(29-35(41-43)37(38,39)40)31-23-21-30(2)22-24-31/h7-8,10-11,13-14,16-17,21-29H,3-6,9,12,15,18-20H2,1-2H3,(H,42,44)/b8-7-,11-10-,14-13-,17-16-. The van der Waals surface area contributed by atoms with Crippen molar-refractivity contribution in [2.45, 2.75) is 89.1 Å². The van der Waals surface area contributed by atoms with Crippen LogP contribution in [0.1, 0.15) is 82.4 Å². The summed E-state index contributed by atoms with van der Waals surface area (Å²) in [5.74, 6) is -0.631. The molecule has 2 aromatic carbocycles. The Bertz CT molecular complexity index is 1630. The Balaban J connectivity index is 1.45. The van der Waals surface area contributed by atoms with Crippen molar-refractivity contribution < 1.29 is 26.4 Å². The van der Waals surface area contributed by atoms with E-state index in [0.29, 0.717) is 18.4 Å². The predicted molar refractivity (Wildman–Crippen MR) is 182 cm³/mol. The Hall–Kier alpha value is -4.18. The third kappa shape index (κ3) is 12.9. The maximum Gasteiger partial charge on any atom is 0.435 e. The van der Waals surface area contributed by atoms with Crippen molar-refractivity contribution in [2.75, 3.05) is 0 Å². The summed E-state index contributed by atoms with van der Waals surface area (Å²) in [6.07, 6.45) is 21.0. The number of aryl methyl sites for hydroxylation is 1. The van der Waals surface area contributed by atoms with Crippen molar-refractivity contribution in [1.82, 2.24) is 14.5 Å². The van der Waals surface area contributed by atoms with Crippen molar-refractivity contribution in [3.8, 4) is 16.9 Å². The summed E-state index contributed by atoms with van der Waals surface area (Å²) >= 11 is 0. The third-order valence-corrected chi connectivity index (χ3v) is 8.61. The first-order chi connectivity index (χ1) is 22.5. The summed E-state index contributed by atoms with van der Waals surface area (Å²) < 4.78 is 69.3. The molecule has 0 saturated carbocycles. The summed E-state index contributed by atoms with van der Waals surface area (Å²) in [6.45, 7) is 4.07. The van der Waals surface area contributed by atoms with Gasteiger partial charge in [-0.05, 0) is 82.2 Å². The molecule has 0 aliphatic rings. The first-order valence-corrected chi connectivity index (χ1v) is 17.5. The first-order valence-electron chi connectivity index (χ1n) is 16.0. The van der Waals surface area contributed by atoms with Crippen LogP contribution in [0.25, 0.3) is 16.9 Å². The van der Waals surface area contributed by atoms with Crippen molar-refractivity contribution in [3.05, 3.63) is 114 Å². The number of hydrogen-bond donors (Lipinski definition) is 1. The molecule has 0 saturated heterocycles. The summed E-state index contributed by atoms with van der Waals surface area (Å²) in [4.78, 5) is 12.2. The van der Waals surface area contributed by atoms with Crippen LogP contribution in [-0.2, 0) is 21.0 Å². The molecule has 1 N–H and O–H groups in total. The number of amides is 1. The van der Waals surface area contributed by atoms with Gasteiger partial charge in [0.25, 0.3) is 10.0 Å². The molecule has 1 amide bonds. The van der Waals surface area contributed by atoms with Gasteiger partial charge in [0.15, 0.2) is 5.69 Å². The molecule has 6 nitrogen and oxygen atoms in total. The molecule has 3 rings (SSSR count). The molecule has 0 spiro atoms. The van der Waals surface area contributed by atoms with Crippen LogP contribution in [0.5, 0.6) is 0 Å². The molecule has 0 aliphatic heterocycles. The van der Waals surface area contributed by atoms with Crippen molar-refractivity contribution in [3.63, 3.8) is 0 Å². The van der Waals surface area contributed by atoms with E-state index in [1.54, 1.807) is 24.3 Å². The molecule has 10 heteroatoms. The van der Waals surface area contributed by atoms with Gasteiger partial charge in [0.1, 0.15) is 0 Å². The van der Waals surface area contributed by atoms with Crippen molar-refractivity contribution >= 4 is 15.9 Å². The second-order valence-corrected chi connectivity index (χ2v) is 12.9. The second kappa shape index (κ2) is 18.8. The maximum absolute atomic E-state index is 13.5. The number of alkyl halides is 3. The first kappa shape index (κ1) is 37.3. The van der Waals surface area contributed by atoms with Crippen LogP contribution in [0.15, 0.2) is 108 Å². The van der Waals surface area contributed by atoms with Crippen LogP contribution in [0.4, 0.5) is 13.2 Å². The number of carbonyl (C=O) groups excluding carboxylic acids is 1. The van der Waals surface area contributed by atoms with Gasteiger partial charge in [0.2, 0.25) is 5.91 Å². The Morgan fingerprint density at radius 2 is 1.36 bits per heavy atom. The number of benzene rings is 2. The number of aromatic nitrogens is 2. The smallest absolute Gasteiger partial charge is 0.274 e. The Kier molecular flexibility index (Phi) is 14.9. The highest BCUT2D eigenvalue weighted by Crippen LogP contribution is 2.33. The van der Waals surface area contributed by atoms with Gasteiger partial charge in [0.05, 0.1) is 16.3 Å². The number of nitrogens with one attached hydrogen (secondary N) is 1. The molecular weight excluding hydrogens is 623 g/mol. The molecule has 1 aromatic heterocycles. The third-order valence-electron chi connectivity index (χ3n) is 7.22. The molecular formula is C37H44F3N3O3S. The van der Waals surface area contributed by atoms with Crippen molar-refractivity contribution in [2.24, 2.45) is 0 Å². The maximum atomic E-state index is 13.5. The van der Waals surface area contributed by atoms with Crippen LogP contribution in [0.3, 0.4) is 0 Å². The summed E-state index contributed by atoms with van der Waals surface area (Å²) in [5.41, 5.74) is 0.843. The largest absolute Gasteiger partial charge is 0.435 e. The fourth-order valence-corrected chi connectivity index (χ4v) is 5.63. The number of unbranched alkanes of at least 4 members (excludes halogenated alkanes) is 4. The minimum Gasteiger partial charge on any atom is -0.274 e. The number of halogens is 3. The molecule has 252 valence electrons. The van der Waals surface area contributed by atoms with E-state index in [2.05, 4.69) is 53.2 Å². The van der Waals surface area contributed by atoms with Crippen LogP contribution < -0.4 is 4.72 Å². The van der Waals surface area contributed by atoms with Crippen molar-refractivity contribution in [1.29, 1.82) is 0 Å². The highest BCUT2D eigenvalue weighted by atomic mass is 32.2. The van der Waals surface area contributed by atoms with Crippen LogP contribution >= 0.6 is 0 Å². The van der Waals surface area contributed by atoms with Gasteiger partial charge in [-0.3, -0.25) is 4.79 Å². The van der Waals surface area contributed by atoms with Crippen LogP contribution in [0.2, 0.25) is 0 Å².